The van der Waals surface area contributed by atoms with Crippen molar-refractivity contribution in [1.82, 2.24) is 4.57 Å². The average molecular weight is 787 g/mol. The predicted octanol–water partition coefficient (Wildman–Crippen LogP) is 15.9. The molecule has 0 bridgehead atoms. The Kier molecular flexibility index (Phi) is 6.98. The molecular weight excluding hydrogens is 749 g/mol. The summed E-state index contributed by atoms with van der Waals surface area (Å²) in [5.41, 5.74) is 19.2. The van der Waals surface area contributed by atoms with Crippen LogP contribution in [-0.2, 0) is 0 Å². The van der Waals surface area contributed by atoms with E-state index in [1.54, 1.807) is 0 Å². The number of para-hydroxylation sites is 2. The van der Waals surface area contributed by atoms with Gasteiger partial charge in [0.15, 0.2) is 0 Å². The van der Waals surface area contributed by atoms with E-state index in [1.165, 1.54) is 127 Å². The van der Waals surface area contributed by atoms with Gasteiger partial charge in [-0.1, -0.05) is 152 Å². The average Bonchev–Trinajstić information content (AvgIpc) is 3.97. The predicted molar refractivity (Wildman–Crippen MR) is 263 cm³/mol. The van der Waals surface area contributed by atoms with Crippen molar-refractivity contribution in [2.75, 3.05) is 4.90 Å². The lowest BCUT2D eigenvalue weighted by atomic mass is 9.89. The van der Waals surface area contributed by atoms with Gasteiger partial charge in [-0.15, -0.1) is 0 Å². The van der Waals surface area contributed by atoms with E-state index < -0.39 is 0 Å². The Hall–Kier alpha value is -7.94. The molecular formula is C60H38N2. The smallest absolute Gasteiger partial charge is 0.0633 e. The molecule has 62 heavy (non-hydrogen) atoms. The van der Waals surface area contributed by atoms with Crippen molar-refractivity contribution in [2.45, 2.75) is 12.5 Å². The molecule has 3 aliphatic rings. The van der Waals surface area contributed by atoms with Crippen molar-refractivity contribution in [3.8, 4) is 39.1 Å². The summed E-state index contributed by atoms with van der Waals surface area (Å²) in [5.74, 6) is 0. The van der Waals surface area contributed by atoms with Crippen LogP contribution in [0.5, 0.6) is 0 Å². The highest BCUT2D eigenvalue weighted by molar-refractivity contribution is 6.19. The third-order valence-electron chi connectivity index (χ3n) is 14.0. The van der Waals surface area contributed by atoms with Crippen molar-refractivity contribution in [3.05, 3.63) is 223 Å². The van der Waals surface area contributed by atoms with Gasteiger partial charge >= 0.3 is 0 Å². The van der Waals surface area contributed by atoms with Crippen molar-refractivity contribution in [3.63, 3.8) is 0 Å². The zero-order chi connectivity index (χ0) is 40.5. The molecule has 14 rings (SSSR count). The number of rotatable bonds is 4. The van der Waals surface area contributed by atoms with Crippen LogP contribution in [0.4, 0.5) is 11.4 Å². The first-order chi connectivity index (χ1) is 30.7. The minimum atomic E-state index is 0.216. The van der Waals surface area contributed by atoms with Gasteiger partial charge < -0.3 is 9.47 Å². The fraction of sp³-hybridized carbons (Fsp3) is 0.0333. The molecule has 0 saturated heterocycles. The van der Waals surface area contributed by atoms with Crippen LogP contribution < -0.4 is 4.90 Å². The van der Waals surface area contributed by atoms with Gasteiger partial charge in [-0.25, -0.2) is 0 Å². The number of anilines is 2. The lowest BCUT2D eigenvalue weighted by Gasteiger charge is -2.30. The third kappa shape index (κ3) is 4.81. The summed E-state index contributed by atoms with van der Waals surface area (Å²) in [5, 5.41) is 10.3. The molecule has 11 aromatic rings. The Morgan fingerprint density at radius 3 is 2.05 bits per heavy atom. The molecule has 0 fully saturated rings. The maximum absolute atomic E-state index is 2.58. The van der Waals surface area contributed by atoms with Crippen LogP contribution in [0.25, 0.3) is 104 Å². The molecule has 2 heterocycles. The van der Waals surface area contributed by atoms with Gasteiger partial charge in [-0.05, 0) is 144 Å². The molecule has 2 nitrogen and oxygen atoms in total. The summed E-state index contributed by atoms with van der Waals surface area (Å²) < 4.78 is 2.45. The maximum atomic E-state index is 2.58. The van der Waals surface area contributed by atoms with Gasteiger partial charge in [0.25, 0.3) is 0 Å². The van der Waals surface area contributed by atoms with Gasteiger partial charge in [-0.3, -0.25) is 0 Å². The molecule has 10 aromatic carbocycles. The van der Waals surface area contributed by atoms with Gasteiger partial charge in [0.05, 0.1) is 17.1 Å². The SMILES string of the molecule is C1=C(c2ccc3c(c2)c2ccc4ccccc4c2n3-c2ccccc2)C=C2c3ccccc3N(c3ccc4ccc(-c5ccc6c(c5)-c5cccc7cccc-6c57)cc4c3)C2C1. The van der Waals surface area contributed by atoms with Crippen molar-refractivity contribution in [2.24, 2.45) is 0 Å². The highest BCUT2D eigenvalue weighted by Crippen LogP contribution is 2.51. The highest BCUT2D eigenvalue weighted by Gasteiger charge is 2.36. The maximum Gasteiger partial charge on any atom is 0.0633 e. The fourth-order valence-corrected chi connectivity index (χ4v) is 11.1. The number of fused-ring (bicyclic) bond motifs is 12. The summed E-state index contributed by atoms with van der Waals surface area (Å²) in [6, 6.07) is 74.8. The molecule has 0 spiro atoms. The first-order valence-electron chi connectivity index (χ1n) is 21.8. The molecule has 0 radical (unpaired) electrons. The number of hydrogen-bond acceptors (Lipinski definition) is 1. The molecule has 288 valence electrons. The van der Waals surface area contributed by atoms with Gasteiger partial charge in [0, 0.05) is 38.8 Å². The lowest BCUT2D eigenvalue weighted by molar-refractivity contribution is 0.832. The molecule has 2 heteroatoms. The van der Waals surface area contributed by atoms with Crippen molar-refractivity contribution in [1.29, 1.82) is 0 Å². The van der Waals surface area contributed by atoms with E-state index >= 15 is 0 Å². The van der Waals surface area contributed by atoms with Crippen LogP contribution in [0.3, 0.4) is 0 Å². The van der Waals surface area contributed by atoms with Gasteiger partial charge in [-0.2, -0.15) is 0 Å². The second-order valence-corrected chi connectivity index (χ2v) is 17.2. The van der Waals surface area contributed by atoms with Crippen LogP contribution in [-0.4, -0.2) is 10.6 Å². The Morgan fingerprint density at radius 2 is 1.13 bits per heavy atom. The van der Waals surface area contributed by atoms with Gasteiger partial charge in [0.1, 0.15) is 0 Å². The fourth-order valence-electron chi connectivity index (χ4n) is 11.1. The van der Waals surface area contributed by atoms with E-state index in [4.69, 9.17) is 0 Å². The normalized spacial score (nSPS) is 15.0. The molecule has 1 aromatic heterocycles. The number of benzene rings is 10. The zero-order valence-corrected chi connectivity index (χ0v) is 33.9. The van der Waals surface area contributed by atoms with E-state index in [-0.39, 0.29) is 6.04 Å². The van der Waals surface area contributed by atoms with E-state index in [0.29, 0.717) is 0 Å². The summed E-state index contributed by atoms with van der Waals surface area (Å²) >= 11 is 0. The minimum absolute atomic E-state index is 0.216. The molecule has 1 atom stereocenters. The summed E-state index contributed by atoms with van der Waals surface area (Å²) in [6.45, 7) is 0. The zero-order valence-electron chi connectivity index (χ0n) is 33.9. The number of nitrogens with zero attached hydrogens (tertiary/aromatic N) is 2. The lowest BCUT2D eigenvalue weighted by Crippen LogP contribution is -2.27. The third-order valence-corrected chi connectivity index (χ3v) is 14.0. The van der Waals surface area contributed by atoms with Crippen molar-refractivity contribution < 1.29 is 0 Å². The Bertz CT molecular complexity index is 3780. The number of hydrogen-bond donors (Lipinski definition) is 0. The number of aromatic nitrogens is 1. The van der Waals surface area contributed by atoms with Crippen molar-refractivity contribution >= 4 is 76.6 Å². The summed E-state index contributed by atoms with van der Waals surface area (Å²) in [4.78, 5) is 2.58. The van der Waals surface area contributed by atoms with Crippen LogP contribution in [0.15, 0.2) is 212 Å². The van der Waals surface area contributed by atoms with Crippen LogP contribution in [0, 0.1) is 0 Å². The molecule has 2 aliphatic carbocycles. The summed E-state index contributed by atoms with van der Waals surface area (Å²) in [7, 11) is 0. The van der Waals surface area contributed by atoms with E-state index in [2.05, 4.69) is 222 Å². The molecule has 0 N–H and O–H groups in total. The minimum Gasteiger partial charge on any atom is -0.333 e. The second kappa shape index (κ2) is 12.8. The molecule has 1 unspecified atom stereocenters. The van der Waals surface area contributed by atoms with Crippen LogP contribution >= 0.6 is 0 Å². The molecule has 0 amide bonds. The Labute approximate surface area is 359 Å². The standard InChI is InChI=1S/C60H38N2/c1-2-13-45(14-3-1)62-58-31-26-43(36-55(58)52-29-23-38-10-4-5-15-47(38)60(52)62)42-25-30-57-54(35-42)49-16-6-7-19-56(49)61(57)46-27-22-37-20-21-40(32-44(37)33-46)41-24-28-48-50-17-8-11-39-12-9-18-51(59(39)50)53(48)34-41/h1-29,31-36,57H,30H2. The van der Waals surface area contributed by atoms with E-state index in [0.717, 1.165) is 6.42 Å². The first-order valence-corrected chi connectivity index (χ1v) is 21.8. The highest BCUT2D eigenvalue weighted by atomic mass is 15.2. The first kappa shape index (κ1) is 33.8. The quantitative estimate of drug-likeness (QED) is 0.172. The number of allylic oxidation sites excluding steroid dienone is 2. The molecule has 0 saturated carbocycles. The van der Waals surface area contributed by atoms with Gasteiger partial charge in [0.2, 0.25) is 0 Å². The van der Waals surface area contributed by atoms with E-state index in [1.807, 2.05) is 0 Å². The van der Waals surface area contributed by atoms with Crippen LogP contribution in [0.1, 0.15) is 17.5 Å². The Morgan fingerprint density at radius 1 is 0.403 bits per heavy atom. The Balaban J connectivity index is 0.840. The largest absolute Gasteiger partial charge is 0.333 e. The summed E-state index contributed by atoms with van der Waals surface area (Å²) in [6.07, 6.45) is 5.85. The topological polar surface area (TPSA) is 8.17 Å². The van der Waals surface area contributed by atoms with E-state index in [9.17, 15) is 0 Å². The van der Waals surface area contributed by atoms with Crippen LogP contribution in [0.2, 0.25) is 0 Å². The second-order valence-electron chi connectivity index (χ2n) is 17.2. The molecule has 1 aliphatic heterocycles. The monoisotopic (exact) mass is 786 g/mol.